The lowest BCUT2D eigenvalue weighted by Gasteiger charge is -2.13. The van der Waals surface area contributed by atoms with Gasteiger partial charge < -0.3 is 5.32 Å². The Hall–Kier alpha value is -0.740. The SMILES string of the molecule is FC(F)(F)CCCCNC1=NCCCC1. The zero-order valence-corrected chi connectivity index (χ0v) is 8.74. The number of halogens is 3. The first-order valence-electron chi connectivity index (χ1n) is 5.42. The molecule has 0 aromatic rings. The predicted octanol–water partition coefficient (Wildman–Crippen LogP) is 2.89. The van der Waals surface area contributed by atoms with Gasteiger partial charge in [0.2, 0.25) is 0 Å². The standard InChI is InChI=1S/C10H17F3N2/c11-10(12,13)6-2-4-8-15-9-5-1-3-7-14-9/h1-8H2,(H,14,15). The van der Waals surface area contributed by atoms with Gasteiger partial charge in [-0.1, -0.05) is 0 Å². The summed E-state index contributed by atoms with van der Waals surface area (Å²) in [5.74, 6) is 0.966. The summed E-state index contributed by atoms with van der Waals surface area (Å²) in [6.45, 7) is 1.46. The third-order valence-corrected chi connectivity index (χ3v) is 2.34. The molecule has 1 aliphatic heterocycles. The molecular weight excluding hydrogens is 205 g/mol. The van der Waals surface area contributed by atoms with Gasteiger partial charge in [-0.3, -0.25) is 4.99 Å². The Morgan fingerprint density at radius 1 is 1.20 bits per heavy atom. The van der Waals surface area contributed by atoms with Crippen molar-refractivity contribution in [1.29, 1.82) is 0 Å². The Kier molecular flexibility index (Phi) is 4.91. The molecule has 2 nitrogen and oxygen atoms in total. The van der Waals surface area contributed by atoms with Crippen LogP contribution in [0.4, 0.5) is 13.2 Å². The van der Waals surface area contributed by atoms with Crippen molar-refractivity contribution in [3.63, 3.8) is 0 Å². The quantitative estimate of drug-likeness (QED) is 0.727. The van der Waals surface area contributed by atoms with Crippen LogP contribution in [0.1, 0.15) is 38.5 Å². The average Bonchev–Trinajstić information content (AvgIpc) is 2.17. The lowest BCUT2D eigenvalue weighted by atomic mass is 10.1. The van der Waals surface area contributed by atoms with Gasteiger partial charge in [-0.25, -0.2) is 0 Å². The van der Waals surface area contributed by atoms with Gasteiger partial charge in [-0.2, -0.15) is 13.2 Å². The van der Waals surface area contributed by atoms with Gasteiger partial charge >= 0.3 is 6.18 Å². The molecule has 1 rings (SSSR count). The fourth-order valence-corrected chi connectivity index (χ4v) is 1.52. The molecule has 1 N–H and O–H groups in total. The number of unbranched alkanes of at least 4 members (excludes halogenated alkanes) is 1. The fraction of sp³-hybridized carbons (Fsp3) is 0.900. The van der Waals surface area contributed by atoms with Crippen LogP contribution in [-0.2, 0) is 0 Å². The second-order valence-electron chi connectivity index (χ2n) is 3.78. The number of nitrogens with zero attached hydrogens (tertiary/aromatic N) is 1. The smallest absolute Gasteiger partial charge is 0.374 e. The third-order valence-electron chi connectivity index (χ3n) is 2.34. The lowest BCUT2D eigenvalue weighted by molar-refractivity contribution is -0.135. The first-order valence-corrected chi connectivity index (χ1v) is 5.42. The van der Waals surface area contributed by atoms with E-state index in [1.54, 1.807) is 0 Å². The maximum atomic E-state index is 11.8. The van der Waals surface area contributed by atoms with Gasteiger partial charge in [0.05, 0.1) is 5.84 Å². The first-order chi connectivity index (χ1) is 7.08. The highest BCUT2D eigenvalue weighted by Crippen LogP contribution is 2.21. The molecule has 1 aliphatic rings. The van der Waals surface area contributed by atoms with E-state index >= 15 is 0 Å². The van der Waals surface area contributed by atoms with E-state index in [-0.39, 0.29) is 6.42 Å². The van der Waals surface area contributed by atoms with Crippen molar-refractivity contribution in [2.75, 3.05) is 13.1 Å². The van der Waals surface area contributed by atoms with Gasteiger partial charge in [-0.15, -0.1) is 0 Å². The van der Waals surface area contributed by atoms with Crippen LogP contribution in [0, 0.1) is 0 Å². The van der Waals surface area contributed by atoms with Gasteiger partial charge in [0.15, 0.2) is 0 Å². The summed E-state index contributed by atoms with van der Waals surface area (Å²) in [6, 6.07) is 0. The minimum absolute atomic E-state index is 0.198. The summed E-state index contributed by atoms with van der Waals surface area (Å²) in [4.78, 5) is 4.26. The van der Waals surface area contributed by atoms with Crippen molar-refractivity contribution in [3.8, 4) is 0 Å². The molecule has 0 spiro atoms. The summed E-state index contributed by atoms with van der Waals surface area (Å²) in [6.07, 6.45) is -0.737. The molecule has 0 atom stereocenters. The highest BCUT2D eigenvalue weighted by molar-refractivity contribution is 5.82. The first kappa shape index (κ1) is 12.3. The van der Waals surface area contributed by atoms with Crippen LogP contribution in [0.5, 0.6) is 0 Å². The summed E-state index contributed by atoms with van der Waals surface area (Å²) >= 11 is 0. The van der Waals surface area contributed by atoms with Crippen LogP contribution in [0.3, 0.4) is 0 Å². The van der Waals surface area contributed by atoms with E-state index in [0.717, 1.165) is 31.6 Å². The number of hydrogen-bond acceptors (Lipinski definition) is 2. The largest absolute Gasteiger partial charge is 0.389 e. The number of alkyl halides is 3. The normalized spacial score (nSPS) is 17.4. The summed E-state index contributed by atoms with van der Waals surface area (Å²) in [5.41, 5.74) is 0. The molecule has 0 saturated carbocycles. The van der Waals surface area contributed by atoms with Crippen LogP contribution in [0.15, 0.2) is 4.99 Å². The number of amidine groups is 1. The Morgan fingerprint density at radius 2 is 2.00 bits per heavy atom. The molecule has 88 valence electrons. The Balaban J connectivity index is 1.99. The average molecular weight is 222 g/mol. The Morgan fingerprint density at radius 3 is 2.60 bits per heavy atom. The number of hydrogen-bond donors (Lipinski definition) is 1. The molecule has 0 bridgehead atoms. The van der Waals surface area contributed by atoms with Crippen LogP contribution in [0.2, 0.25) is 0 Å². The van der Waals surface area contributed by atoms with Gasteiger partial charge in [-0.05, 0) is 25.7 Å². The molecule has 0 radical (unpaired) electrons. The molecule has 0 saturated heterocycles. The van der Waals surface area contributed by atoms with Crippen LogP contribution in [0.25, 0.3) is 0 Å². The maximum Gasteiger partial charge on any atom is 0.389 e. The van der Waals surface area contributed by atoms with E-state index in [9.17, 15) is 13.2 Å². The zero-order chi connectivity index (χ0) is 11.1. The van der Waals surface area contributed by atoms with Crippen LogP contribution in [-0.4, -0.2) is 25.1 Å². The highest BCUT2D eigenvalue weighted by Gasteiger charge is 2.25. The molecular formula is C10H17F3N2. The number of rotatable bonds is 4. The Bertz CT molecular complexity index is 211. The summed E-state index contributed by atoms with van der Waals surface area (Å²) in [5, 5.41) is 3.09. The molecule has 0 aliphatic carbocycles. The predicted molar refractivity (Wildman–Crippen MR) is 54.1 cm³/mol. The molecule has 0 amide bonds. The van der Waals surface area contributed by atoms with Gasteiger partial charge in [0.25, 0.3) is 0 Å². The van der Waals surface area contributed by atoms with Crippen molar-refractivity contribution < 1.29 is 13.2 Å². The molecule has 0 aromatic heterocycles. The minimum Gasteiger partial charge on any atom is -0.374 e. The lowest BCUT2D eigenvalue weighted by Crippen LogP contribution is -2.26. The summed E-state index contributed by atoms with van der Waals surface area (Å²) < 4.78 is 35.4. The second kappa shape index (κ2) is 5.98. The topological polar surface area (TPSA) is 24.4 Å². The van der Waals surface area contributed by atoms with Crippen molar-refractivity contribution in [3.05, 3.63) is 0 Å². The van der Waals surface area contributed by atoms with E-state index in [4.69, 9.17) is 0 Å². The van der Waals surface area contributed by atoms with Crippen LogP contribution >= 0.6 is 0 Å². The Labute approximate surface area is 88.0 Å². The second-order valence-corrected chi connectivity index (χ2v) is 3.78. The highest BCUT2D eigenvalue weighted by atomic mass is 19.4. The van der Waals surface area contributed by atoms with E-state index in [1.165, 1.54) is 0 Å². The number of aliphatic imine (C=N–C) groups is 1. The van der Waals surface area contributed by atoms with E-state index in [2.05, 4.69) is 10.3 Å². The molecule has 0 aromatic carbocycles. The molecule has 1 heterocycles. The number of nitrogens with one attached hydrogen (secondary N) is 1. The minimum atomic E-state index is -4.01. The summed E-state index contributed by atoms with van der Waals surface area (Å²) in [7, 11) is 0. The van der Waals surface area contributed by atoms with E-state index in [1.807, 2.05) is 0 Å². The molecule has 0 fully saturated rings. The molecule has 15 heavy (non-hydrogen) atoms. The van der Waals surface area contributed by atoms with Crippen molar-refractivity contribution >= 4 is 5.84 Å². The maximum absolute atomic E-state index is 11.8. The zero-order valence-electron chi connectivity index (χ0n) is 8.74. The molecule has 5 heteroatoms. The van der Waals surface area contributed by atoms with Gasteiger partial charge in [0, 0.05) is 25.9 Å². The van der Waals surface area contributed by atoms with Crippen molar-refractivity contribution in [2.24, 2.45) is 4.99 Å². The monoisotopic (exact) mass is 222 g/mol. The van der Waals surface area contributed by atoms with Crippen LogP contribution < -0.4 is 5.32 Å². The van der Waals surface area contributed by atoms with Crippen molar-refractivity contribution in [1.82, 2.24) is 5.32 Å². The third kappa shape index (κ3) is 6.36. The molecule has 0 unspecified atom stereocenters. The van der Waals surface area contributed by atoms with Gasteiger partial charge in [0.1, 0.15) is 0 Å². The van der Waals surface area contributed by atoms with E-state index < -0.39 is 12.6 Å². The van der Waals surface area contributed by atoms with E-state index in [0.29, 0.717) is 13.0 Å². The van der Waals surface area contributed by atoms with Crippen molar-refractivity contribution in [2.45, 2.75) is 44.7 Å². The fourth-order valence-electron chi connectivity index (χ4n) is 1.52.